The molecule has 0 aromatic heterocycles. The normalized spacial score (nSPS) is 9.62. The second kappa shape index (κ2) is 6.22. The van der Waals surface area contributed by atoms with Crippen LogP contribution >= 0.6 is 11.6 Å². The predicted octanol–water partition coefficient (Wildman–Crippen LogP) is -1.60. The van der Waals surface area contributed by atoms with Crippen molar-refractivity contribution in [3.63, 3.8) is 0 Å². The molecule has 1 aromatic carbocycles. The first-order valence-corrected chi connectivity index (χ1v) is 3.70. The fourth-order valence-electron chi connectivity index (χ4n) is 0.772. The Hall–Kier alpha value is -0.280. The maximum Gasteiger partial charge on any atom is 1.00 e. The van der Waals surface area contributed by atoms with Crippen molar-refractivity contribution < 1.29 is 39.5 Å². The third-order valence-electron chi connectivity index (χ3n) is 1.35. The van der Waals surface area contributed by atoms with Gasteiger partial charge >= 0.3 is 29.6 Å². The summed E-state index contributed by atoms with van der Waals surface area (Å²) in [5.74, 6) is -0.304. The fourth-order valence-corrected chi connectivity index (χ4v) is 0.898. The molecule has 0 saturated carbocycles. The Morgan fingerprint density at radius 1 is 1.31 bits per heavy atom. The van der Waals surface area contributed by atoms with Gasteiger partial charge in [0, 0.05) is 10.6 Å². The van der Waals surface area contributed by atoms with E-state index in [1.54, 1.807) is 24.3 Å². The number of hydrogen-bond acceptors (Lipinski definition) is 2. The molecule has 0 heterocycles. The van der Waals surface area contributed by atoms with Crippen LogP contribution in [0.5, 0.6) is 0 Å². The minimum absolute atomic E-state index is 0. The Kier molecular flexibility index (Phi) is 6.08. The van der Waals surface area contributed by atoms with Gasteiger partial charge in [-0.2, -0.15) is 0 Å². The molecule has 0 spiro atoms. The van der Waals surface area contributed by atoms with Crippen LogP contribution in [0.4, 0.5) is 0 Å². The zero-order valence-corrected chi connectivity index (χ0v) is 9.91. The standard InChI is InChI=1S/C9H7ClO2.Na/c10-8-3-1-7(2-4-8)9(12)5-6-11;/h1-6,11H;/q;+1/p-1. The van der Waals surface area contributed by atoms with Gasteiger partial charge in [-0.05, 0) is 30.3 Å². The summed E-state index contributed by atoms with van der Waals surface area (Å²) < 4.78 is 0. The van der Waals surface area contributed by atoms with Crippen molar-refractivity contribution in [2.45, 2.75) is 0 Å². The molecule has 1 aromatic rings. The Bertz CT molecular complexity index is 306. The van der Waals surface area contributed by atoms with Crippen molar-refractivity contribution in [2.75, 3.05) is 0 Å². The Morgan fingerprint density at radius 2 is 1.85 bits per heavy atom. The predicted molar refractivity (Wildman–Crippen MR) is 44.9 cm³/mol. The molecule has 1 rings (SSSR count). The van der Waals surface area contributed by atoms with Gasteiger partial charge in [-0.3, -0.25) is 4.79 Å². The van der Waals surface area contributed by atoms with E-state index in [4.69, 9.17) is 11.6 Å². The van der Waals surface area contributed by atoms with Crippen LogP contribution in [0.2, 0.25) is 5.02 Å². The van der Waals surface area contributed by atoms with E-state index in [1.807, 2.05) is 0 Å². The van der Waals surface area contributed by atoms with Gasteiger partial charge in [0.25, 0.3) is 0 Å². The van der Waals surface area contributed by atoms with Gasteiger partial charge in [-0.15, -0.1) is 6.26 Å². The van der Waals surface area contributed by atoms with Gasteiger partial charge in [0.15, 0.2) is 5.78 Å². The molecular formula is C9H6ClNaO2. The Labute approximate surface area is 104 Å². The van der Waals surface area contributed by atoms with Gasteiger partial charge in [0.1, 0.15) is 0 Å². The summed E-state index contributed by atoms with van der Waals surface area (Å²) in [5.41, 5.74) is 0.464. The van der Waals surface area contributed by atoms with E-state index in [-0.39, 0.29) is 35.3 Å². The van der Waals surface area contributed by atoms with Gasteiger partial charge in [-0.1, -0.05) is 11.6 Å². The molecule has 0 saturated heterocycles. The van der Waals surface area contributed by atoms with Crippen molar-refractivity contribution in [3.8, 4) is 0 Å². The zero-order valence-electron chi connectivity index (χ0n) is 7.16. The Balaban J connectivity index is 0.00000144. The van der Waals surface area contributed by atoms with Crippen LogP contribution < -0.4 is 34.7 Å². The maximum absolute atomic E-state index is 11.0. The second-order valence-corrected chi connectivity index (χ2v) is 2.61. The third kappa shape index (κ3) is 3.96. The van der Waals surface area contributed by atoms with E-state index in [1.165, 1.54) is 0 Å². The summed E-state index contributed by atoms with van der Waals surface area (Å²) in [4.78, 5) is 11.0. The first kappa shape index (κ1) is 12.7. The number of benzene rings is 1. The second-order valence-electron chi connectivity index (χ2n) is 2.17. The summed E-state index contributed by atoms with van der Waals surface area (Å²) >= 11 is 5.60. The average Bonchev–Trinajstić information content (AvgIpc) is 2.06. The van der Waals surface area contributed by atoms with Crippen molar-refractivity contribution in [3.05, 3.63) is 47.2 Å². The molecule has 0 atom stereocenters. The molecule has 13 heavy (non-hydrogen) atoms. The number of halogens is 1. The van der Waals surface area contributed by atoms with E-state index < -0.39 is 0 Å². The summed E-state index contributed by atoms with van der Waals surface area (Å²) in [6.07, 6.45) is 1.44. The number of hydrogen-bond donors (Lipinski definition) is 0. The molecule has 2 nitrogen and oxygen atoms in total. The number of carbonyl (C=O) groups is 1. The third-order valence-corrected chi connectivity index (χ3v) is 1.60. The van der Waals surface area contributed by atoms with E-state index in [0.717, 1.165) is 6.08 Å². The molecule has 0 radical (unpaired) electrons. The monoisotopic (exact) mass is 204 g/mol. The molecular weight excluding hydrogens is 199 g/mol. The van der Waals surface area contributed by atoms with Gasteiger partial charge in [0.05, 0.1) is 0 Å². The molecule has 62 valence electrons. The van der Waals surface area contributed by atoms with Crippen LogP contribution in [0.3, 0.4) is 0 Å². The first-order chi connectivity index (χ1) is 5.74. The van der Waals surface area contributed by atoms with Crippen molar-refractivity contribution >= 4 is 17.4 Å². The molecule has 0 amide bonds. The van der Waals surface area contributed by atoms with Crippen LogP contribution in [0.25, 0.3) is 0 Å². The maximum atomic E-state index is 11.0. The molecule has 0 bridgehead atoms. The number of rotatable bonds is 2. The van der Waals surface area contributed by atoms with Crippen LogP contribution in [0.1, 0.15) is 10.4 Å². The molecule has 0 aliphatic rings. The van der Waals surface area contributed by atoms with Crippen LogP contribution in [0.15, 0.2) is 36.6 Å². The summed E-state index contributed by atoms with van der Waals surface area (Å²) in [5, 5.41) is 10.5. The van der Waals surface area contributed by atoms with Crippen molar-refractivity contribution in [1.29, 1.82) is 0 Å². The number of ketones is 1. The average molecular weight is 205 g/mol. The SMILES string of the molecule is O=C(C=C[O-])c1ccc(Cl)cc1.[Na+]. The van der Waals surface area contributed by atoms with Crippen LogP contribution in [-0.2, 0) is 0 Å². The molecule has 0 unspecified atom stereocenters. The zero-order chi connectivity index (χ0) is 8.97. The molecule has 0 aliphatic heterocycles. The molecule has 0 N–H and O–H groups in total. The van der Waals surface area contributed by atoms with Gasteiger partial charge in [-0.25, -0.2) is 0 Å². The largest absolute Gasteiger partial charge is 1.00 e. The molecule has 0 aliphatic carbocycles. The van der Waals surface area contributed by atoms with Crippen molar-refractivity contribution in [2.24, 2.45) is 0 Å². The summed E-state index contributed by atoms with van der Waals surface area (Å²) in [7, 11) is 0. The minimum atomic E-state index is -0.304. The van der Waals surface area contributed by atoms with E-state index in [9.17, 15) is 9.90 Å². The van der Waals surface area contributed by atoms with Crippen molar-refractivity contribution in [1.82, 2.24) is 0 Å². The fraction of sp³-hybridized carbons (Fsp3) is 0. The Morgan fingerprint density at radius 3 is 2.31 bits per heavy atom. The van der Waals surface area contributed by atoms with E-state index >= 15 is 0 Å². The van der Waals surface area contributed by atoms with Gasteiger partial charge in [0.2, 0.25) is 0 Å². The summed E-state index contributed by atoms with van der Waals surface area (Å²) in [6, 6.07) is 6.36. The molecule has 4 heteroatoms. The number of carbonyl (C=O) groups excluding carboxylic acids is 1. The minimum Gasteiger partial charge on any atom is -0.878 e. The first-order valence-electron chi connectivity index (χ1n) is 3.32. The smallest absolute Gasteiger partial charge is 0.878 e. The van der Waals surface area contributed by atoms with Crippen LogP contribution in [0, 0.1) is 0 Å². The quantitative estimate of drug-likeness (QED) is 0.252. The number of allylic oxidation sites excluding steroid dienone is 1. The summed E-state index contributed by atoms with van der Waals surface area (Å²) in [6.45, 7) is 0. The van der Waals surface area contributed by atoms with E-state index in [0.29, 0.717) is 16.8 Å². The molecule has 0 fully saturated rings. The van der Waals surface area contributed by atoms with Crippen LogP contribution in [-0.4, -0.2) is 5.78 Å². The van der Waals surface area contributed by atoms with E-state index in [2.05, 4.69) is 0 Å². The van der Waals surface area contributed by atoms with Gasteiger partial charge < -0.3 is 5.11 Å². The topological polar surface area (TPSA) is 40.1 Å².